The van der Waals surface area contributed by atoms with Gasteiger partial charge in [0.15, 0.2) is 0 Å². The fourth-order valence-electron chi connectivity index (χ4n) is 0.917. The van der Waals surface area contributed by atoms with Crippen molar-refractivity contribution in [2.75, 3.05) is 0 Å². The predicted molar refractivity (Wildman–Crippen MR) is 46.2 cm³/mol. The molecule has 0 heterocycles. The van der Waals surface area contributed by atoms with Crippen LogP contribution in [0.3, 0.4) is 0 Å². The van der Waals surface area contributed by atoms with Gasteiger partial charge in [-0.25, -0.2) is 4.39 Å². The highest BCUT2D eigenvalue weighted by molar-refractivity contribution is 8.00. The molecule has 0 atom stereocenters. The molecule has 0 unspecified atom stereocenters. The molecule has 1 aromatic rings. The van der Waals surface area contributed by atoms with Gasteiger partial charge in [-0.15, -0.1) is 0 Å². The molecular weight excluding hydrogens is 218 g/mol. The number of halogens is 4. The van der Waals surface area contributed by atoms with E-state index in [1.54, 1.807) is 0 Å². The van der Waals surface area contributed by atoms with Crippen LogP contribution in [0.1, 0.15) is 5.56 Å². The molecule has 2 N–H and O–H groups in total. The van der Waals surface area contributed by atoms with E-state index in [-0.39, 0.29) is 28.8 Å². The molecule has 0 spiro atoms. The van der Waals surface area contributed by atoms with E-state index in [0.717, 1.165) is 12.1 Å². The van der Waals surface area contributed by atoms with Crippen LogP contribution in [0.15, 0.2) is 23.1 Å². The highest BCUT2D eigenvalue weighted by Crippen LogP contribution is 2.38. The number of benzene rings is 1. The average Bonchev–Trinajstić information content (AvgIpc) is 2.01. The summed E-state index contributed by atoms with van der Waals surface area (Å²) in [5.41, 5.74) is 1.08. The van der Waals surface area contributed by atoms with Gasteiger partial charge >= 0.3 is 5.51 Å². The lowest BCUT2D eigenvalue weighted by Crippen LogP contribution is -2.04. The summed E-state index contributed by atoms with van der Waals surface area (Å²) in [6.45, 7) is -0.0430. The summed E-state index contributed by atoms with van der Waals surface area (Å²) < 4.78 is 48.6. The molecule has 0 bridgehead atoms. The molecule has 14 heavy (non-hydrogen) atoms. The zero-order valence-corrected chi connectivity index (χ0v) is 7.75. The van der Waals surface area contributed by atoms with Crippen LogP contribution >= 0.6 is 11.8 Å². The van der Waals surface area contributed by atoms with Gasteiger partial charge in [0.2, 0.25) is 0 Å². The number of nitrogens with two attached hydrogens (primary N) is 1. The Kier molecular flexibility index (Phi) is 3.38. The summed E-state index contributed by atoms with van der Waals surface area (Å²) >= 11 is -0.354. The van der Waals surface area contributed by atoms with Crippen molar-refractivity contribution in [3.8, 4) is 0 Å². The van der Waals surface area contributed by atoms with Crippen LogP contribution in [-0.4, -0.2) is 5.51 Å². The molecule has 0 aromatic heterocycles. The molecular formula is C8H7F4NS. The molecule has 0 saturated carbocycles. The molecule has 1 rings (SSSR count). The van der Waals surface area contributed by atoms with Gasteiger partial charge < -0.3 is 5.73 Å². The summed E-state index contributed by atoms with van der Waals surface area (Å²) in [6.07, 6.45) is 0. The second kappa shape index (κ2) is 4.18. The first-order valence-electron chi connectivity index (χ1n) is 3.66. The summed E-state index contributed by atoms with van der Waals surface area (Å²) in [4.78, 5) is -0.181. The molecule has 6 heteroatoms. The van der Waals surface area contributed by atoms with E-state index in [4.69, 9.17) is 5.73 Å². The summed E-state index contributed by atoms with van der Waals surface area (Å²) in [5, 5.41) is 0. The third-order valence-corrected chi connectivity index (χ3v) is 2.31. The van der Waals surface area contributed by atoms with Crippen LogP contribution < -0.4 is 5.73 Å². The summed E-state index contributed by atoms with van der Waals surface area (Å²) in [7, 11) is 0. The van der Waals surface area contributed by atoms with E-state index in [0.29, 0.717) is 0 Å². The van der Waals surface area contributed by atoms with Gasteiger partial charge in [0.1, 0.15) is 5.82 Å². The number of rotatable bonds is 2. The largest absolute Gasteiger partial charge is 0.446 e. The van der Waals surface area contributed by atoms with E-state index in [1.807, 2.05) is 0 Å². The quantitative estimate of drug-likeness (QED) is 0.618. The van der Waals surface area contributed by atoms with Gasteiger partial charge in [-0.3, -0.25) is 0 Å². The first-order valence-corrected chi connectivity index (χ1v) is 4.48. The third kappa shape index (κ3) is 3.19. The molecule has 0 aliphatic heterocycles. The minimum atomic E-state index is -4.42. The minimum absolute atomic E-state index is 0.0430. The molecule has 0 saturated heterocycles. The first-order chi connectivity index (χ1) is 6.42. The SMILES string of the molecule is NCc1ccc(F)cc1SC(F)(F)F. The van der Waals surface area contributed by atoms with Crippen LogP contribution in [-0.2, 0) is 6.54 Å². The minimum Gasteiger partial charge on any atom is -0.326 e. The number of thioether (sulfide) groups is 1. The van der Waals surface area contributed by atoms with Crippen molar-refractivity contribution in [3.05, 3.63) is 29.6 Å². The fourth-order valence-corrected chi connectivity index (χ4v) is 1.62. The highest BCUT2D eigenvalue weighted by atomic mass is 32.2. The normalized spacial score (nSPS) is 11.8. The van der Waals surface area contributed by atoms with Crippen molar-refractivity contribution in [2.24, 2.45) is 5.73 Å². The fraction of sp³-hybridized carbons (Fsp3) is 0.250. The van der Waals surface area contributed by atoms with E-state index in [2.05, 4.69) is 0 Å². The maximum absolute atomic E-state index is 12.6. The van der Waals surface area contributed by atoms with Crippen molar-refractivity contribution in [1.82, 2.24) is 0 Å². The topological polar surface area (TPSA) is 26.0 Å². The van der Waals surface area contributed by atoms with Crippen LogP contribution in [0.5, 0.6) is 0 Å². The van der Waals surface area contributed by atoms with Crippen molar-refractivity contribution in [1.29, 1.82) is 0 Å². The highest BCUT2D eigenvalue weighted by Gasteiger charge is 2.30. The number of hydrogen-bond donors (Lipinski definition) is 1. The third-order valence-electron chi connectivity index (χ3n) is 1.47. The zero-order chi connectivity index (χ0) is 10.8. The van der Waals surface area contributed by atoms with Crippen molar-refractivity contribution in [3.63, 3.8) is 0 Å². The Labute approximate surface area is 82.3 Å². The van der Waals surface area contributed by atoms with Gasteiger partial charge in [0.05, 0.1) is 0 Å². The van der Waals surface area contributed by atoms with Crippen molar-refractivity contribution >= 4 is 11.8 Å². The van der Waals surface area contributed by atoms with Crippen molar-refractivity contribution < 1.29 is 17.6 Å². The van der Waals surface area contributed by atoms with Gasteiger partial charge in [0, 0.05) is 11.4 Å². The second-order valence-corrected chi connectivity index (χ2v) is 3.61. The first kappa shape index (κ1) is 11.3. The van der Waals surface area contributed by atoms with Gasteiger partial charge in [-0.1, -0.05) is 6.07 Å². The maximum atomic E-state index is 12.6. The molecule has 78 valence electrons. The Balaban J connectivity index is 2.99. The summed E-state index contributed by atoms with van der Waals surface area (Å²) in [5.74, 6) is -0.700. The van der Waals surface area contributed by atoms with Gasteiger partial charge in [-0.05, 0) is 29.5 Å². The Morgan fingerprint density at radius 1 is 1.29 bits per heavy atom. The monoisotopic (exact) mass is 225 g/mol. The maximum Gasteiger partial charge on any atom is 0.446 e. The Hall–Kier alpha value is -0.750. The van der Waals surface area contributed by atoms with Crippen LogP contribution in [0, 0.1) is 5.82 Å². The average molecular weight is 225 g/mol. The van der Waals surface area contributed by atoms with Gasteiger partial charge in [-0.2, -0.15) is 13.2 Å². The van der Waals surface area contributed by atoms with Crippen molar-refractivity contribution in [2.45, 2.75) is 16.9 Å². The second-order valence-electron chi connectivity index (χ2n) is 2.50. The lowest BCUT2D eigenvalue weighted by molar-refractivity contribution is -0.0328. The van der Waals surface area contributed by atoms with Crippen LogP contribution in [0.2, 0.25) is 0 Å². The lowest BCUT2D eigenvalue weighted by atomic mass is 10.2. The Morgan fingerprint density at radius 3 is 2.43 bits per heavy atom. The van der Waals surface area contributed by atoms with E-state index >= 15 is 0 Å². The number of alkyl halides is 3. The van der Waals surface area contributed by atoms with Crippen LogP contribution in [0.25, 0.3) is 0 Å². The van der Waals surface area contributed by atoms with E-state index in [9.17, 15) is 17.6 Å². The molecule has 1 aromatic carbocycles. The molecule has 0 fully saturated rings. The molecule has 0 aliphatic carbocycles. The lowest BCUT2D eigenvalue weighted by Gasteiger charge is -2.09. The Bertz CT molecular complexity index is 324. The van der Waals surface area contributed by atoms with Crippen LogP contribution in [0.4, 0.5) is 17.6 Å². The standard InChI is InChI=1S/C8H7F4NS/c9-6-2-1-5(4-13)7(3-6)14-8(10,11)12/h1-3H,4,13H2. The Morgan fingerprint density at radius 2 is 1.93 bits per heavy atom. The van der Waals surface area contributed by atoms with E-state index < -0.39 is 11.3 Å². The number of hydrogen-bond acceptors (Lipinski definition) is 2. The molecule has 0 aliphatic rings. The zero-order valence-electron chi connectivity index (χ0n) is 6.94. The molecule has 0 radical (unpaired) electrons. The molecule has 1 nitrogen and oxygen atoms in total. The van der Waals surface area contributed by atoms with E-state index in [1.165, 1.54) is 6.07 Å². The predicted octanol–water partition coefficient (Wildman–Crippen LogP) is 2.90. The van der Waals surface area contributed by atoms with Gasteiger partial charge in [0.25, 0.3) is 0 Å². The summed E-state index contributed by atoms with van der Waals surface area (Å²) in [6, 6.07) is 3.17. The smallest absolute Gasteiger partial charge is 0.326 e. The molecule has 0 amide bonds.